The van der Waals surface area contributed by atoms with E-state index in [0.717, 1.165) is 11.1 Å². The van der Waals surface area contributed by atoms with Crippen LogP contribution in [0.2, 0.25) is 0 Å². The second-order valence-electron chi connectivity index (χ2n) is 7.92. The zero-order valence-electron chi connectivity index (χ0n) is 16.6. The highest BCUT2D eigenvalue weighted by Crippen LogP contribution is 2.55. The fourth-order valence-electron chi connectivity index (χ4n) is 5.11. The van der Waals surface area contributed by atoms with Gasteiger partial charge in [-0.25, -0.2) is 0 Å². The standard InChI is InChI=1S/C23H19N3O5/c1-25-13-16(14-8-10-15(11-9-14)26(29)30)20(21(27)19-7-4-12-31-19)23(25)17-5-2-3-6-18(17)24-22(23)28/h2-12,16,20H,13H2,1H3,(H,24,28)/t16-,20-,23-/m1/s1. The number of ketones is 1. The lowest BCUT2D eigenvalue weighted by Gasteiger charge is -2.35. The maximum Gasteiger partial charge on any atom is 0.269 e. The van der Waals surface area contributed by atoms with Crippen LogP contribution in [0, 0.1) is 16.0 Å². The number of hydrogen-bond acceptors (Lipinski definition) is 6. The molecule has 0 aliphatic carbocycles. The SMILES string of the molecule is CN1C[C@H](c2ccc([N+](=O)[O-])cc2)[C@H](C(=O)c2ccco2)[C@]12C(=O)Nc1ccccc12. The van der Waals surface area contributed by atoms with Crippen LogP contribution >= 0.6 is 0 Å². The third kappa shape index (κ3) is 2.65. The third-order valence-electron chi connectivity index (χ3n) is 6.44. The number of amides is 1. The van der Waals surface area contributed by atoms with Gasteiger partial charge in [0.1, 0.15) is 5.54 Å². The van der Waals surface area contributed by atoms with Gasteiger partial charge in [-0.2, -0.15) is 0 Å². The smallest absolute Gasteiger partial charge is 0.269 e. The highest BCUT2D eigenvalue weighted by molar-refractivity contribution is 6.11. The van der Waals surface area contributed by atoms with Crippen LogP contribution in [0.5, 0.6) is 0 Å². The number of furan rings is 1. The summed E-state index contributed by atoms with van der Waals surface area (Å²) in [6.45, 7) is 0.427. The topological polar surface area (TPSA) is 106 Å². The van der Waals surface area contributed by atoms with Gasteiger partial charge in [0.25, 0.3) is 5.69 Å². The molecule has 0 radical (unpaired) electrons. The van der Waals surface area contributed by atoms with Gasteiger partial charge in [-0.1, -0.05) is 30.3 Å². The van der Waals surface area contributed by atoms with E-state index in [-0.39, 0.29) is 29.1 Å². The summed E-state index contributed by atoms with van der Waals surface area (Å²) < 4.78 is 5.41. The number of Topliss-reactive ketones (excluding diaryl/α,β-unsaturated/α-hetero) is 1. The van der Waals surface area contributed by atoms with Crippen molar-refractivity contribution in [1.29, 1.82) is 0 Å². The van der Waals surface area contributed by atoms with E-state index < -0.39 is 16.4 Å². The second-order valence-corrected chi connectivity index (χ2v) is 7.92. The number of nitro groups is 1. The van der Waals surface area contributed by atoms with Crippen molar-refractivity contribution in [2.75, 3.05) is 18.9 Å². The molecule has 3 aromatic rings. The zero-order chi connectivity index (χ0) is 21.8. The summed E-state index contributed by atoms with van der Waals surface area (Å²) in [6, 6.07) is 16.8. The number of benzene rings is 2. The maximum atomic E-state index is 13.7. The number of para-hydroxylation sites is 1. The van der Waals surface area contributed by atoms with Crippen LogP contribution in [0.1, 0.15) is 27.6 Å². The van der Waals surface area contributed by atoms with Crippen LogP contribution in [0.3, 0.4) is 0 Å². The lowest BCUT2D eigenvalue weighted by molar-refractivity contribution is -0.384. The van der Waals surface area contributed by atoms with Crippen molar-refractivity contribution < 1.29 is 18.9 Å². The van der Waals surface area contributed by atoms with Crippen molar-refractivity contribution in [3.63, 3.8) is 0 Å². The van der Waals surface area contributed by atoms with Gasteiger partial charge in [0.2, 0.25) is 11.7 Å². The van der Waals surface area contributed by atoms with E-state index in [1.807, 2.05) is 36.2 Å². The minimum atomic E-state index is -1.20. The largest absolute Gasteiger partial charge is 0.461 e. The molecule has 2 aliphatic rings. The molecular formula is C23H19N3O5. The normalized spacial score (nSPS) is 24.9. The van der Waals surface area contributed by atoms with E-state index in [1.54, 1.807) is 24.3 Å². The predicted octanol–water partition coefficient (Wildman–Crippen LogP) is 3.56. The average molecular weight is 417 g/mol. The summed E-state index contributed by atoms with van der Waals surface area (Å²) in [7, 11) is 1.83. The van der Waals surface area contributed by atoms with E-state index in [9.17, 15) is 19.7 Å². The van der Waals surface area contributed by atoms with Crippen molar-refractivity contribution >= 4 is 23.1 Å². The zero-order valence-corrected chi connectivity index (χ0v) is 16.6. The van der Waals surface area contributed by atoms with Crippen LogP contribution < -0.4 is 5.32 Å². The first-order chi connectivity index (χ1) is 14.9. The molecule has 8 heteroatoms. The molecular weight excluding hydrogens is 398 g/mol. The molecule has 1 saturated heterocycles. The molecule has 1 amide bonds. The summed E-state index contributed by atoms with van der Waals surface area (Å²) in [5, 5.41) is 14.0. The van der Waals surface area contributed by atoms with E-state index in [2.05, 4.69) is 5.32 Å². The fraction of sp³-hybridized carbons (Fsp3) is 0.217. The highest BCUT2D eigenvalue weighted by Gasteiger charge is 2.64. The molecule has 0 bridgehead atoms. The van der Waals surface area contributed by atoms with Crippen LogP contribution in [0.25, 0.3) is 0 Å². The van der Waals surface area contributed by atoms with Crippen molar-refractivity contribution in [2.45, 2.75) is 11.5 Å². The van der Waals surface area contributed by atoms with E-state index >= 15 is 0 Å². The number of non-ortho nitro benzene ring substituents is 1. The van der Waals surface area contributed by atoms with E-state index in [4.69, 9.17) is 4.42 Å². The molecule has 156 valence electrons. The molecule has 0 unspecified atom stereocenters. The number of carbonyl (C=O) groups is 2. The van der Waals surface area contributed by atoms with Gasteiger partial charge in [-0.05, 0) is 30.8 Å². The molecule has 3 atom stereocenters. The van der Waals surface area contributed by atoms with Gasteiger partial charge >= 0.3 is 0 Å². The number of nitro benzene ring substituents is 1. The Hall–Kier alpha value is -3.78. The second kappa shape index (κ2) is 6.88. The van der Waals surface area contributed by atoms with Crippen LogP contribution in [-0.2, 0) is 10.3 Å². The Morgan fingerprint density at radius 3 is 2.58 bits per heavy atom. The summed E-state index contributed by atoms with van der Waals surface area (Å²) in [6.07, 6.45) is 1.43. The van der Waals surface area contributed by atoms with Crippen molar-refractivity contribution in [1.82, 2.24) is 4.90 Å². The van der Waals surface area contributed by atoms with Gasteiger partial charge in [0.05, 0.1) is 17.1 Å². The Morgan fingerprint density at radius 2 is 1.90 bits per heavy atom. The Morgan fingerprint density at radius 1 is 1.16 bits per heavy atom. The molecule has 31 heavy (non-hydrogen) atoms. The molecule has 0 saturated carbocycles. The van der Waals surface area contributed by atoms with Gasteiger partial charge in [-0.3, -0.25) is 24.6 Å². The minimum Gasteiger partial charge on any atom is -0.461 e. The van der Waals surface area contributed by atoms with Crippen molar-refractivity contribution in [3.05, 3.63) is 93.9 Å². The van der Waals surface area contributed by atoms with E-state index in [0.29, 0.717) is 12.2 Å². The number of nitrogens with one attached hydrogen (secondary N) is 1. The fourth-order valence-corrected chi connectivity index (χ4v) is 5.11. The van der Waals surface area contributed by atoms with Gasteiger partial charge in [0.15, 0.2) is 5.76 Å². The lowest BCUT2D eigenvalue weighted by Crippen LogP contribution is -2.51. The molecule has 8 nitrogen and oxygen atoms in total. The monoisotopic (exact) mass is 417 g/mol. The Bertz CT molecular complexity index is 1190. The molecule has 5 rings (SSSR count). The first-order valence-electron chi connectivity index (χ1n) is 9.89. The van der Waals surface area contributed by atoms with Gasteiger partial charge in [0, 0.05) is 35.8 Å². The summed E-state index contributed by atoms with van der Waals surface area (Å²) in [4.78, 5) is 39.7. The number of anilines is 1. The first kappa shape index (κ1) is 19.2. The Labute approximate surface area is 177 Å². The summed E-state index contributed by atoms with van der Waals surface area (Å²) in [5.41, 5.74) is 0.962. The number of hydrogen-bond donors (Lipinski definition) is 1. The highest BCUT2D eigenvalue weighted by atomic mass is 16.6. The van der Waals surface area contributed by atoms with Gasteiger partial charge in [-0.15, -0.1) is 0 Å². The Kier molecular flexibility index (Phi) is 4.26. The molecule has 1 spiro atoms. The number of likely N-dealkylation sites (tertiary alicyclic amines) is 1. The van der Waals surface area contributed by atoms with Gasteiger partial charge < -0.3 is 9.73 Å². The van der Waals surface area contributed by atoms with Crippen LogP contribution in [0.4, 0.5) is 11.4 Å². The maximum absolute atomic E-state index is 13.7. The third-order valence-corrected chi connectivity index (χ3v) is 6.44. The lowest BCUT2D eigenvalue weighted by atomic mass is 9.71. The van der Waals surface area contributed by atoms with E-state index in [1.165, 1.54) is 18.4 Å². The molecule has 2 aliphatic heterocycles. The van der Waals surface area contributed by atoms with Crippen molar-refractivity contribution in [3.8, 4) is 0 Å². The molecule has 3 heterocycles. The molecule has 1 fully saturated rings. The average Bonchev–Trinajstić information content (AvgIpc) is 3.47. The predicted molar refractivity (Wildman–Crippen MR) is 112 cm³/mol. The summed E-state index contributed by atoms with van der Waals surface area (Å²) >= 11 is 0. The summed E-state index contributed by atoms with van der Waals surface area (Å²) in [5.74, 6) is -1.48. The quantitative estimate of drug-likeness (QED) is 0.395. The molecule has 2 aromatic carbocycles. The van der Waals surface area contributed by atoms with Crippen LogP contribution in [0.15, 0.2) is 71.3 Å². The van der Waals surface area contributed by atoms with Crippen molar-refractivity contribution in [2.24, 2.45) is 5.92 Å². The molecule has 1 aromatic heterocycles. The number of likely N-dealkylation sites (N-methyl/N-ethyl adjacent to an activating group) is 1. The number of carbonyl (C=O) groups excluding carboxylic acids is 2. The Balaban J connectivity index is 1.69. The number of fused-ring (bicyclic) bond motifs is 2. The first-order valence-corrected chi connectivity index (χ1v) is 9.89. The number of rotatable bonds is 4. The number of nitrogens with zero attached hydrogens (tertiary/aromatic N) is 2. The molecule has 1 N–H and O–H groups in total. The van der Waals surface area contributed by atoms with Crippen LogP contribution in [-0.4, -0.2) is 35.1 Å². The minimum absolute atomic E-state index is 0.0253.